The summed E-state index contributed by atoms with van der Waals surface area (Å²) in [6.07, 6.45) is 1.95. The summed E-state index contributed by atoms with van der Waals surface area (Å²) in [5, 5.41) is 13.3. The monoisotopic (exact) mass is 456 g/mol. The molecule has 2 heterocycles. The number of thioether (sulfide) groups is 1. The van der Waals surface area contributed by atoms with E-state index in [1.54, 1.807) is 0 Å². The SMILES string of the molecule is CC(C)Nc1nc(Cl)nc(NC(C)C)n1.CCNc1nc(NC(C)C)nc(SC)n1. The summed E-state index contributed by atoms with van der Waals surface area (Å²) >= 11 is 7.28. The molecule has 2 rings (SSSR count). The van der Waals surface area contributed by atoms with Crippen molar-refractivity contribution >= 4 is 47.2 Å². The lowest BCUT2D eigenvalue weighted by Gasteiger charge is -2.11. The van der Waals surface area contributed by atoms with Crippen molar-refractivity contribution in [2.24, 2.45) is 0 Å². The van der Waals surface area contributed by atoms with Gasteiger partial charge in [0.2, 0.25) is 29.1 Å². The molecular weight excluding hydrogens is 424 g/mol. The molecule has 0 aromatic carbocycles. The molecule has 0 radical (unpaired) electrons. The van der Waals surface area contributed by atoms with Gasteiger partial charge in [-0.05, 0) is 66.3 Å². The summed E-state index contributed by atoms with van der Waals surface area (Å²) in [6.45, 7) is 14.9. The van der Waals surface area contributed by atoms with Crippen molar-refractivity contribution in [3.63, 3.8) is 0 Å². The van der Waals surface area contributed by atoms with E-state index in [9.17, 15) is 0 Å². The molecule has 0 fully saturated rings. The molecule has 4 N–H and O–H groups in total. The third-order valence-corrected chi connectivity index (χ3v) is 3.71. The van der Waals surface area contributed by atoms with Crippen molar-refractivity contribution in [1.82, 2.24) is 29.9 Å². The van der Waals surface area contributed by atoms with Gasteiger partial charge in [-0.2, -0.15) is 29.9 Å². The Morgan fingerprint density at radius 3 is 1.50 bits per heavy atom. The van der Waals surface area contributed by atoms with E-state index in [0.717, 1.165) is 11.7 Å². The summed E-state index contributed by atoms with van der Waals surface area (Å²) in [5.41, 5.74) is 0. The summed E-state index contributed by atoms with van der Waals surface area (Å²) in [5.74, 6) is 2.24. The predicted molar refractivity (Wildman–Crippen MR) is 127 cm³/mol. The summed E-state index contributed by atoms with van der Waals surface area (Å²) in [7, 11) is 0. The first-order valence-corrected chi connectivity index (χ1v) is 11.5. The fraction of sp³-hybridized carbons (Fsp3) is 0.667. The van der Waals surface area contributed by atoms with Crippen LogP contribution in [0.4, 0.5) is 23.8 Å². The smallest absolute Gasteiger partial charge is 0.228 e. The van der Waals surface area contributed by atoms with Gasteiger partial charge in [0.05, 0.1) is 0 Å². The first-order chi connectivity index (χ1) is 14.1. The van der Waals surface area contributed by atoms with Crippen LogP contribution in [-0.4, -0.2) is 60.8 Å². The summed E-state index contributed by atoms with van der Waals surface area (Å²) in [6, 6.07) is 0.835. The van der Waals surface area contributed by atoms with Crippen LogP contribution in [0.3, 0.4) is 0 Å². The zero-order valence-corrected chi connectivity index (χ0v) is 20.5. The van der Waals surface area contributed by atoms with Gasteiger partial charge in [0.1, 0.15) is 0 Å². The Balaban J connectivity index is 0.000000300. The topological polar surface area (TPSA) is 125 Å². The van der Waals surface area contributed by atoms with Gasteiger partial charge in [-0.25, -0.2) is 0 Å². The molecule has 12 heteroatoms. The molecule has 0 bridgehead atoms. The van der Waals surface area contributed by atoms with Crippen LogP contribution < -0.4 is 21.3 Å². The molecule has 0 unspecified atom stereocenters. The van der Waals surface area contributed by atoms with Gasteiger partial charge in [0, 0.05) is 24.7 Å². The van der Waals surface area contributed by atoms with Gasteiger partial charge in [-0.15, -0.1) is 0 Å². The van der Waals surface area contributed by atoms with Gasteiger partial charge < -0.3 is 21.3 Å². The number of nitrogens with zero attached hydrogens (tertiary/aromatic N) is 6. The number of hydrogen-bond donors (Lipinski definition) is 4. The van der Waals surface area contributed by atoms with Crippen molar-refractivity contribution in [3.05, 3.63) is 5.28 Å². The zero-order chi connectivity index (χ0) is 22.7. The van der Waals surface area contributed by atoms with Gasteiger partial charge in [-0.3, -0.25) is 0 Å². The minimum Gasteiger partial charge on any atom is -0.354 e. The Kier molecular flexibility index (Phi) is 11.4. The van der Waals surface area contributed by atoms with Crippen LogP contribution in [0.5, 0.6) is 0 Å². The maximum Gasteiger partial charge on any atom is 0.228 e. The maximum atomic E-state index is 5.77. The Hall–Kier alpha value is -2.14. The lowest BCUT2D eigenvalue weighted by atomic mass is 10.4. The first kappa shape index (κ1) is 25.9. The van der Waals surface area contributed by atoms with Crippen LogP contribution in [0.2, 0.25) is 5.28 Å². The molecule has 0 amide bonds. The normalized spacial score (nSPS) is 10.7. The molecule has 0 saturated carbocycles. The number of anilines is 4. The number of rotatable bonds is 9. The largest absolute Gasteiger partial charge is 0.354 e. The Morgan fingerprint density at radius 1 is 0.700 bits per heavy atom. The fourth-order valence-electron chi connectivity index (χ4n) is 2.00. The highest BCUT2D eigenvalue weighted by molar-refractivity contribution is 7.98. The van der Waals surface area contributed by atoms with Crippen molar-refractivity contribution in [3.8, 4) is 0 Å². The fourth-order valence-corrected chi connectivity index (χ4v) is 2.52. The highest BCUT2D eigenvalue weighted by Crippen LogP contribution is 2.14. The average molecular weight is 457 g/mol. The molecule has 10 nitrogen and oxygen atoms in total. The maximum absolute atomic E-state index is 5.77. The predicted octanol–water partition coefficient (Wildman–Crippen LogP) is 4.01. The number of hydrogen-bond acceptors (Lipinski definition) is 11. The van der Waals surface area contributed by atoms with E-state index in [2.05, 4.69) is 65.0 Å². The summed E-state index contributed by atoms with van der Waals surface area (Å²) < 4.78 is 0. The standard InChI is InChI=1S/C9H16ClN5.C9H17N5S/c1-5(2)11-8-13-7(10)14-9(15-8)12-6(3)4;1-5-10-7-12-8(11-6(2)3)14-9(13-7)15-4/h5-6H,1-4H3,(H2,11,12,13,14,15);6H,5H2,1-4H3,(H2,10,11,12,13,14). The highest BCUT2D eigenvalue weighted by atomic mass is 35.5. The van der Waals surface area contributed by atoms with E-state index in [-0.39, 0.29) is 17.4 Å². The van der Waals surface area contributed by atoms with Crippen molar-refractivity contribution in [1.29, 1.82) is 0 Å². The third-order valence-electron chi connectivity index (χ3n) is 2.99. The summed E-state index contributed by atoms with van der Waals surface area (Å²) in [4.78, 5) is 24.9. The van der Waals surface area contributed by atoms with Gasteiger partial charge in [0.25, 0.3) is 0 Å². The molecule has 2 aromatic rings. The molecule has 168 valence electrons. The third kappa shape index (κ3) is 10.6. The Bertz CT molecular complexity index is 744. The lowest BCUT2D eigenvalue weighted by molar-refractivity contribution is 0.835. The van der Waals surface area contributed by atoms with E-state index in [1.807, 2.05) is 40.9 Å². The van der Waals surface area contributed by atoms with Crippen LogP contribution >= 0.6 is 23.4 Å². The van der Waals surface area contributed by atoms with Crippen LogP contribution in [-0.2, 0) is 0 Å². The second-order valence-corrected chi connectivity index (χ2v) is 8.26. The average Bonchev–Trinajstić information content (AvgIpc) is 2.60. The molecule has 30 heavy (non-hydrogen) atoms. The molecule has 0 aliphatic carbocycles. The second-order valence-electron chi connectivity index (χ2n) is 7.15. The van der Waals surface area contributed by atoms with Crippen LogP contribution in [0.15, 0.2) is 5.16 Å². The minimum atomic E-state index is 0.191. The van der Waals surface area contributed by atoms with Crippen LogP contribution in [0.25, 0.3) is 0 Å². The molecule has 2 aromatic heterocycles. The van der Waals surface area contributed by atoms with Crippen LogP contribution in [0, 0.1) is 0 Å². The van der Waals surface area contributed by atoms with Crippen LogP contribution in [0.1, 0.15) is 48.5 Å². The molecule has 0 saturated heterocycles. The first-order valence-electron chi connectivity index (χ1n) is 9.88. The molecule has 0 spiro atoms. The second kappa shape index (κ2) is 13.2. The number of aromatic nitrogens is 6. The van der Waals surface area contributed by atoms with E-state index < -0.39 is 0 Å². The van der Waals surface area contributed by atoms with E-state index in [4.69, 9.17) is 11.6 Å². The Labute approximate surface area is 188 Å². The number of nitrogens with one attached hydrogen (secondary N) is 4. The molecule has 0 atom stereocenters. The van der Waals surface area contributed by atoms with E-state index >= 15 is 0 Å². The lowest BCUT2D eigenvalue weighted by Crippen LogP contribution is -2.17. The molecular formula is C18H33ClN10S. The number of halogens is 1. The van der Waals surface area contributed by atoms with Crippen molar-refractivity contribution in [2.75, 3.05) is 34.1 Å². The van der Waals surface area contributed by atoms with Gasteiger partial charge >= 0.3 is 0 Å². The van der Waals surface area contributed by atoms with E-state index in [0.29, 0.717) is 29.8 Å². The minimum absolute atomic E-state index is 0.191. The highest BCUT2D eigenvalue weighted by Gasteiger charge is 2.07. The van der Waals surface area contributed by atoms with Crippen molar-refractivity contribution < 1.29 is 0 Å². The van der Waals surface area contributed by atoms with Crippen molar-refractivity contribution in [2.45, 2.75) is 71.7 Å². The van der Waals surface area contributed by atoms with Gasteiger partial charge in [-0.1, -0.05) is 11.8 Å². The Morgan fingerprint density at radius 2 is 1.10 bits per heavy atom. The zero-order valence-electron chi connectivity index (χ0n) is 18.9. The molecule has 0 aliphatic rings. The quantitative estimate of drug-likeness (QED) is 0.408. The molecule has 0 aliphatic heterocycles. The van der Waals surface area contributed by atoms with E-state index in [1.165, 1.54) is 11.8 Å². The van der Waals surface area contributed by atoms with Gasteiger partial charge in [0.15, 0.2) is 5.16 Å².